The van der Waals surface area contributed by atoms with Crippen LogP contribution in [0.5, 0.6) is 0 Å². The first-order valence-electron chi connectivity index (χ1n) is 7.73. The number of imide groups is 1. The molecule has 0 spiro atoms. The molecule has 0 unspecified atom stereocenters. The van der Waals surface area contributed by atoms with Crippen molar-refractivity contribution in [2.45, 2.75) is 19.3 Å². The van der Waals surface area contributed by atoms with Crippen molar-refractivity contribution in [2.75, 3.05) is 27.2 Å². The summed E-state index contributed by atoms with van der Waals surface area (Å²) < 4.78 is 0.841. The topological polar surface area (TPSA) is 61.4 Å². The number of carbonyl (C=O) groups is 2. The second-order valence-corrected chi connectivity index (χ2v) is 6.76. The first-order valence-corrected chi connectivity index (χ1v) is 8.52. The van der Waals surface area contributed by atoms with E-state index in [0.29, 0.717) is 16.7 Å². The van der Waals surface area contributed by atoms with Gasteiger partial charge >= 0.3 is 0 Å². The fraction of sp³-hybridized carbons (Fsp3) is 0.412. The second kappa shape index (κ2) is 8.26. The molecule has 1 aromatic carbocycles. The Morgan fingerprint density at radius 3 is 2.65 bits per heavy atom. The van der Waals surface area contributed by atoms with E-state index in [-0.39, 0.29) is 11.8 Å². The number of nitrogens with one attached hydrogen (secondary N) is 2. The average Bonchev–Trinajstić information content (AvgIpc) is 2.48. The maximum Gasteiger partial charge on any atom is 0.260 e. The van der Waals surface area contributed by atoms with E-state index in [9.17, 15) is 9.59 Å². The lowest BCUT2D eigenvalue weighted by Crippen LogP contribution is -2.37. The molecule has 2 amide bonds. The van der Waals surface area contributed by atoms with Gasteiger partial charge in [-0.2, -0.15) is 0 Å². The predicted octanol–water partition coefficient (Wildman–Crippen LogP) is 2.38. The summed E-state index contributed by atoms with van der Waals surface area (Å²) in [6, 6.07) is 5.32. The molecule has 124 valence electrons. The lowest BCUT2D eigenvalue weighted by molar-refractivity contribution is -0.114. The van der Waals surface area contributed by atoms with Gasteiger partial charge in [0.2, 0.25) is 0 Å². The second-order valence-electron chi connectivity index (χ2n) is 5.85. The summed E-state index contributed by atoms with van der Waals surface area (Å²) in [5.41, 5.74) is 1.68. The van der Waals surface area contributed by atoms with Crippen LogP contribution in [-0.2, 0) is 4.79 Å². The molecule has 5 nitrogen and oxygen atoms in total. The van der Waals surface area contributed by atoms with E-state index in [2.05, 4.69) is 45.6 Å². The Morgan fingerprint density at radius 2 is 1.91 bits per heavy atom. The molecule has 0 saturated carbocycles. The van der Waals surface area contributed by atoms with E-state index < -0.39 is 0 Å². The molecule has 0 aliphatic carbocycles. The van der Waals surface area contributed by atoms with Crippen molar-refractivity contribution < 1.29 is 9.59 Å². The van der Waals surface area contributed by atoms with Gasteiger partial charge in [-0.15, -0.1) is 0 Å². The van der Waals surface area contributed by atoms with E-state index in [0.717, 1.165) is 36.8 Å². The predicted molar refractivity (Wildman–Crippen MR) is 95.0 cm³/mol. The fourth-order valence-electron chi connectivity index (χ4n) is 2.45. The lowest BCUT2D eigenvalue weighted by Gasteiger charge is -2.18. The van der Waals surface area contributed by atoms with Crippen LogP contribution in [0.15, 0.2) is 28.9 Å². The maximum atomic E-state index is 12.1. The number of unbranched alkanes of at least 4 members (excludes halogenated alkanes) is 2. The monoisotopic (exact) mass is 379 g/mol. The molecule has 0 saturated heterocycles. The quantitative estimate of drug-likeness (QED) is 0.433. The number of hydrogen-bond donors (Lipinski definition) is 2. The largest absolute Gasteiger partial charge is 0.390 e. The summed E-state index contributed by atoms with van der Waals surface area (Å²) >= 11 is 3.39. The standard InChI is InChI=1S/C17H22BrN3O2/c1-21(2)9-5-3-4-8-19-11-15-14-10-12(18)6-7-13(14)16(22)20-17(15)23/h6-7,10-11,19H,3-5,8-9H2,1-2H3,(H,20,22,23)/b15-11-. The van der Waals surface area contributed by atoms with Crippen LogP contribution in [0.25, 0.3) is 5.57 Å². The molecule has 2 N–H and O–H groups in total. The van der Waals surface area contributed by atoms with Gasteiger partial charge in [-0.05, 0) is 51.7 Å². The molecule has 0 bridgehead atoms. The summed E-state index contributed by atoms with van der Waals surface area (Å²) in [6.07, 6.45) is 5.06. The summed E-state index contributed by atoms with van der Waals surface area (Å²) in [5.74, 6) is -0.709. The number of rotatable bonds is 7. The number of carbonyl (C=O) groups excluding carboxylic acids is 2. The van der Waals surface area contributed by atoms with E-state index in [1.54, 1.807) is 24.4 Å². The molecule has 1 aliphatic heterocycles. The van der Waals surface area contributed by atoms with Crippen LogP contribution in [0.4, 0.5) is 0 Å². The molecule has 2 rings (SSSR count). The van der Waals surface area contributed by atoms with Crippen LogP contribution < -0.4 is 10.6 Å². The van der Waals surface area contributed by atoms with Gasteiger partial charge in [-0.25, -0.2) is 0 Å². The summed E-state index contributed by atoms with van der Waals surface area (Å²) in [5, 5.41) is 5.56. The van der Waals surface area contributed by atoms with Gasteiger partial charge in [-0.1, -0.05) is 22.4 Å². The Labute approximate surface area is 145 Å². The smallest absolute Gasteiger partial charge is 0.260 e. The van der Waals surface area contributed by atoms with Crippen molar-refractivity contribution >= 4 is 33.3 Å². The molecule has 6 heteroatoms. The number of nitrogens with zero attached hydrogens (tertiary/aromatic N) is 1. The van der Waals surface area contributed by atoms with Crippen LogP contribution in [0.3, 0.4) is 0 Å². The molecule has 23 heavy (non-hydrogen) atoms. The number of hydrogen-bond acceptors (Lipinski definition) is 4. The van der Waals surface area contributed by atoms with Gasteiger partial charge in [-0.3, -0.25) is 14.9 Å². The Kier molecular flexibility index (Phi) is 6.36. The third-order valence-corrected chi connectivity index (χ3v) is 4.15. The van der Waals surface area contributed by atoms with Gasteiger partial charge in [0.25, 0.3) is 11.8 Å². The maximum absolute atomic E-state index is 12.1. The fourth-order valence-corrected chi connectivity index (χ4v) is 2.81. The number of halogens is 1. The van der Waals surface area contributed by atoms with Gasteiger partial charge < -0.3 is 10.2 Å². The average molecular weight is 380 g/mol. The normalized spacial score (nSPS) is 15.7. The van der Waals surface area contributed by atoms with Gasteiger partial charge in [0.15, 0.2) is 0 Å². The van der Waals surface area contributed by atoms with Crippen molar-refractivity contribution in [3.63, 3.8) is 0 Å². The molecule has 1 aromatic rings. The van der Waals surface area contributed by atoms with Crippen molar-refractivity contribution in [1.29, 1.82) is 0 Å². The van der Waals surface area contributed by atoms with Crippen LogP contribution in [-0.4, -0.2) is 43.9 Å². The van der Waals surface area contributed by atoms with E-state index >= 15 is 0 Å². The van der Waals surface area contributed by atoms with Crippen LogP contribution in [0.2, 0.25) is 0 Å². The zero-order valence-electron chi connectivity index (χ0n) is 13.5. The number of benzene rings is 1. The van der Waals surface area contributed by atoms with Crippen LogP contribution in [0.1, 0.15) is 35.2 Å². The molecular weight excluding hydrogens is 358 g/mol. The minimum atomic E-state index is -0.360. The van der Waals surface area contributed by atoms with Crippen LogP contribution >= 0.6 is 15.9 Å². The molecule has 1 heterocycles. The summed E-state index contributed by atoms with van der Waals surface area (Å²) in [6.45, 7) is 1.90. The molecule has 1 aliphatic rings. The highest BCUT2D eigenvalue weighted by molar-refractivity contribution is 9.10. The Bertz CT molecular complexity index is 626. The SMILES string of the molecule is CN(C)CCCCCN/C=C1\C(=O)NC(=O)c2ccc(Br)cc21. The third-order valence-electron chi connectivity index (χ3n) is 3.66. The van der Waals surface area contributed by atoms with E-state index in [1.807, 2.05) is 0 Å². The zero-order chi connectivity index (χ0) is 16.8. The minimum absolute atomic E-state index is 0.349. The first-order chi connectivity index (χ1) is 11.0. The number of fused-ring (bicyclic) bond motifs is 1. The summed E-state index contributed by atoms with van der Waals surface area (Å²) in [4.78, 5) is 26.1. The van der Waals surface area contributed by atoms with Gasteiger partial charge in [0.05, 0.1) is 5.57 Å². The zero-order valence-corrected chi connectivity index (χ0v) is 15.1. The van der Waals surface area contributed by atoms with Gasteiger partial charge in [0, 0.05) is 28.3 Å². The highest BCUT2D eigenvalue weighted by atomic mass is 79.9. The Hall–Kier alpha value is -1.66. The van der Waals surface area contributed by atoms with Crippen LogP contribution in [0, 0.1) is 0 Å². The highest BCUT2D eigenvalue weighted by Gasteiger charge is 2.27. The Morgan fingerprint density at radius 1 is 1.13 bits per heavy atom. The molecule has 0 radical (unpaired) electrons. The molecule has 0 atom stereocenters. The van der Waals surface area contributed by atoms with Crippen molar-refractivity contribution in [1.82, 2.24) is 15.5 Å². The summed E-state index contributed by atoms with van der Waals surface area (Å²) in [7, 11) is 4.14. The number of amides is 2. The van der Waals surface area contributed by atoms with Crippen molar-refractivity contribution in [3.05, 3.63) is 40.0 Å². The third kappa shape index (κ3) is 4.91. The molecule has 0 fully saturated rings. The molecule has 0 aromatic heterocycles. The van der Waals surface area contributed by atoms with E-state index in [1.165, 1.54) is 0 Å². The van der Waals surface area contributed by atoms with Gasteiger partial charge in [0.1, 0.15) is 0 Å². The Balaban J connectivity index is 1.96. The lowest BCUT2D eigenvalue weighted by atomic mass is 9.95. The van der Waals surface area contributed by atoms with E-state index in [4.69, 9.17) is 0 Å². The highest BCUT2D eigenvalue weighted by Crippen LogP contribution is 2.26. The van der Waals surface area contributed by atoms with Crippen molar-refractivity contribution in [3.8, 4) is 0 Å². The van der Waals surface area contributed by atoms with Crippen molar-refractivity contribution in [2.24, 2.45) is 0 Å². The minimum Gasteiger partial charge on any atom is -0.390 e. The molecular formula is C17H22BrN3O2. The first kappa shape index (κ1) is 17.7.